The molecule has 1 aliphatic heterocycles. The first kappa shape index (κ1) is 14.5. The molecule has 19 heavy (non-hydrogen) atoms. The smallest absolute Gasteiger partial charge is 0.151 e. The van der Waals surface area contributed by atoms with Crippen LogP contribution in [0.2, 0.25) is 0 Å². The zero-order chi connectivity index (χ0) is 14.0. The van der Waals surface area contributed by atoms with E-state index in [1.807, 2.05) is 0 Å². The lowest BCUT2D eigenvalue weighted by Gasteiger charge is -2.16. The maximum absolute atomic E-state index is 11.5. The van der Waals surface area contributed by atoms with Gasteiger partial charge >= 0.3 is 0 Å². The number of hydrogen-bond acceptors (Lipinski definition) is 3. The Balaban J connectivity index is 1.96. The minimum Gasteiger partial charge on any atom is -0.298 e. The van der Waals surface area contributed by atoms with E-state index < -0.39 is 9.84 Å². The Morgan fingerprint density at radius 2 is 1.89 bits per heavy atom. The molecule has 0 N–H and O–H groups in total. The number of likely N-dealkylation sites (tertiary alicyclic amines) is 1. The summed E-state index contributed by atoms with van der Waals surface area (Å²) in [4.78, 5) is 2.23. The highest BCUT2D eigenvalue weighted by molar-refractivity contribution is 7.91. The van der Waals surface area contributed by atoms with Crippen LogP contribution in [-0.4, -0.2) is 37.9 Å². The molecule has 0 saturated carbocycles. The van der Waals surface area contributed by atoms with Crippen molar-refractivity contribution in [1.82, 2.24) is 4.90 Å². The molecule has 1 fully saturated rings. The van der Waals surface area contributed by atoms with Crippen molar-refractivity contribution >= 4 is 9.84 Å². The number of benzene rings is 1. The molecule has 3 nitrogen and oxygen atoms in total. The fraction of sp³-hybridized carbons (Fsp3) is 0.600. The quantitative estimate of drug-likeness (QED) is 0.850. The normalized spacial score (nSPS) is 21.2. The third-order valence-corrected chi connectivity index (χ3v) is 5.48. The average molecular weight is 281 g/mol. The molecule has 4 heteroatoms. The summed E-state index contributed by atoms with van der Waals surface area (Å²) in [6, 6.07) is 8.65. The second-order valence-corrected chi connectivity index (χ2v) is 8.20. The standard InChI is InChI=1S/C15H23NO2S/c1-12(2)14-6-4-13(5-7-14)10-16-9-8-15(11-16)19(3,17)18/h4-7,12,15H,8-11H2,1-3H3. The zero-order valence-corrected chi connectivity index (χ0v) is 12.8. The Kier molecular flexibility index (Phi) is 4.31. The predicted molar refractivity (Wildman–Crippen MR) is 79.1 cm³/mol. The van der Waals surface area contributed by atoms with Crippen LogP contribution in [0, 0.1) is 0 Å². The molecule has 1 heterocycles. The van der Waals surface area contributed by atoms with Gasteiger partial charge in [0.25, 0.3) is 0 Å². The second-order valence-electron chi connectivity index (χ2n) is 5.87. The molecule has 1 aromatic carbocycles. The van der Waals surface area contributed by atoms with Crippen LogP contribution in [0.15, 0.2) is 24.3 Å². The lowest BCUT2D eigenvalue weighted by atomic mass is 10.0. The van der Waals surface area contributed by atoms with E-state index in [2.05, 4.69) is 43.0 Å². The SMILES string of the molecule is CC(C)c1ccc(CN2CCC(S(C)(=O)=O)C2)cc1. The summed E-state index contributed by atoms with van der Waals surface area (Å²) in [6.07, 6.45) is 2.11. The van der Waals surface area contributed by atoms with Gasteiger partial charge in [-0.2, -0.15) is 0 Å². The highest BCUT2D eigenvalue weighted by Gasteiger charge is 2.29. The summed E-state index contributed by atoms with van der Waals surface area (Å²) < 4.78 is 23.0. The molecule has 1 aromatic rings. The minimum absolute atomic E-state index is 0.178. The summed E-state index contributed by atoms with van der Waals surface area (Å²) in [6.45, 7) is 6.77. The first-order valence-electron chi connectivity index (χ1n) is 6.86. The van der Waals surface area contributed by atoms with E-state index in [9.17, 15) is 8.42 Å². The van der Waals surface area contributed by atoms with Crippen molar-refractivity contribution in [1.29, 1.82) is 0 Å². The van der Waals surface area contributed by atoms with Gasteiger partial charge in [-0.1, -0.05) is 38.1 Å². The van der Waals surface area contributed by atoms with Crippen molar-refractivity contribution in [3.05, 3.63) is 35.4 Å². The van der Waals surface area contributed by atoms with Crippen molar-refractivity contribution in [2.24, 2.45) is 0 Å². The van der Waals surface area contributed by atoms with Gasteiger partial charge < -0.3 is 0 Å². The molecule has 0 amide bonds. The number of sulfone groups is 1. The molecule has 0 aliphatic carbocycles. The number of rotatable bonds is 4. The molecule has 1 saturated heterocycles. The first-order chi connectivity index (χ1) is 8.86. The zero-order valence-electron chi connectivity index (χ0n) is 12.0. The monoisotopic (exact) mass is 281 g/mol. The fourth-order valence-electron chi connectivity index (χ4n) is 2.56. The van der Waals surface area contributed by atoms with E-state index in [1.54, 1.807) is 0 Å². The van der Waals surface area contributed by atoms with Gasteiger partial charge in [-0.3, -0.25) is 4.90 Å². The topological polar surface area (TPSA) is 37.4 Å². The van der Waals surface area contributed by atoms with Gasteiger partial charge in [0, 0.05) is 19.3 Å². The van der Waals surface area contributed by atoms with Crippen LogP contribution in [0.3, 0.4) is 0 Å². The van der Waals surface area contributed by atoms with E-state index in [0.29, 0.717) is 12.5 Å². The molecule has 1 unspecified atom stereocenters. The molecule has 1 aliphatic rings. The molecular formula is C15H23NO2S. The predicted octanol–water partition coefficient (Wildman–Crippen LogP) is 2.43. The van der Waals surface area contributed by atoms with E-state index in [-0.39, 0.29) is 5.25 Å². The lowest BCUT2D eigenvalue weighted by Crippen LogP contribution is -2.26. The lowest BCUT2D eigenvalue weighted by molar-refractivity contribution is 0.331. The van der Waals surface area contributed by atoms with Crippen LogP contribution < -0.4 is 0 Å². The summed E-state index contributed by atoms with van der Waals surface area (Å²) in [5, 5.41) is -0.178. The van der Waals surface area contributed by atoms with Gasteiger partial charge in [-0.15, -0.1) is 0 Å². The summed E-state index contributed by atoms with van der Waals surface area (Å²) in [5.74, 6) is 0.551. The van der Waals surface area contributed by atoms with Gasteiger partial charge in [0.1, 0.15) is 0 Å². The Bertz CT molecular complexity index is 520. The first-order valence-corrected chi connectivity index (χ1v) is 8.82. The van der Waals surface area contributed by atoms with Crippen molar-refractivity contribution in [2.75, 3.05) is 19.3 Å². The number of hydrogen-bond donors (Lipinski definition) is 0. The van der Waals surface area contributed by atoms with Crippen LogP contribution in [-0.2, 0) is 16.4 Å². The van der Waals surface area contributed by atoms with E-state index in [0.717, 1.165) is 19.5 Å². The maximum Gasteiger partial charge on any atom is 0.151 e. The van der Waals surface area contributed by atoms with E-state index in [4.69, 9.17) is 0 Å². The van der Waals surface area contributed by atoms with Gasteiger partial charge in [0.2, 0.25) is 0 Å². The molecule has 2 rings (SSSR count). The molecular weight excluding hydrogens is 258 g/mol. The van der Waals surface area contributed by atoms with Crippen LogP contribution in [0.5, 0.6) is 0 Å². The summed E-state index contributed by atoms with van der Waals surface area (Å²) in [7, 11) is -2.89. The minimum atomic E-state index is -2.89. The Morgan fingerprint density at radius 3 is 2.37 bits per heavy atom. The number of nitrogens with zero attached hydrogens (tertiary/aromatic N) is 1. The molecule has 0 radical (unpaired) electrons. The van der Waals surface area contributed by atoms with E-state index in [1.165, 1.54) is 17.4 Å². The van der Waals surface area contributed by atoms with Gasteiger partial charge in [0.15, 0.2) is 9.84 Å². The summed E-state index contributed by atoms with van der Waals surface area (Å²) in [5.41, 5.74) is 2.61. The van der Waals surface area contributed by atoms with Crippen LogP contribution in [0.4, 0.5) is 0 Å². The molecule has 1 atom stereocenters. The third kappa shape index (κ3) is 3.80. The Morgan fingerprint density at radius 1 is 1.26 bits per heavy atom. The summed E-state index contributed by atoms with van der Waals surface area (Å²) >= 11 is 0. The van der Waals surface area contributed by atoms with Crippen LogP contribution >= 0.6 is 0 Å². The van der Waals surface area contributed by atoms with Crippen molar-refractivity contribution in [3.8, 4) is 0 Å². The van der Waals surface area contributed by atoms with Crippen LogP contribution in [0.25, 0.3) is 0 Å². The Labute approximate surface area is 116 Å². The van der Waals surface area contributed by atoms with Gasteiger partial charge in [-0.25, -0.2) is 8.42 Å². The van der Waals surface area contributed by atoms with Gasteiger partial charge in [-0.05, 0) is 30.0 Å². The average Bonchev–Trinajstić information content (AvgIpc) is 2.78. The van der Waals surface area contributed by atoms with Gasteiger partial charge in [0.05, 0.1) is 5.25 Å². The van der Waals surface area contributed by atoms with Crippen molar-refractivity contribution in [3.63, 3.8) is 0 Å². The highest BCUT2D eigenvalue weighted by atomic mass is 32.2. The fourth-order valence-corrected chi connectivity index (χ4v) is 3.57. The third-order valence-electron chi connectivity index (χ3n) is 3.89. The molecule has 0 bridgehead atoms. The molecule has 106 valence electrons. The second kappa shape index (κ2) is 5.63. The Hall–Kier alpha value is -0.870. The largest absolute Gasteiger partial charge is 0.298 e. The molecule has 0 spiro atoms. The van der Waals surface area contributed by atoms with Crippen molar-refractivity contribution < 1.29 is 8.42 Å². The molecule has 0 aromatic heterocycles. The van der Waals surface area contributed by atoms with Crippen molar-refractivity contribution in [2.45, 2.75) is 38.0 Å². The highest BCUT2D eigenvalue weighted by Crippen LogP contribution is 2.20. The van der Waals surface area contributed by atoms with E-state index >= 15 is 0 Å². The van der Waals surface area contributed by atoms with Crippen LogP contribution in [0.1, 0.15) is 37.3 Å². The maximum atomic E-state index is 11.5.